The predicted molar refractivity (Wildman–Crippen MR) is 103 cm³/mol. The van der Waals surface area contributed by atoms with E-state index in [1.54, 1.807) is 48.5 Å². The topological polar surface area (TPSA) is 101 Å². The molecule has 0 saturated carbocycles. The summed E-state index contributed by atoms with van der Waals surface area (Å²) in [6.45, 7) is 1.62. The normalized spacial score (nSPS) is 10.7. The summed E-state index contributed by atoms with van der Waals surface area (Å²) in [6.07, 6.45) is 0.506. The molecular weight excluding hydrogens is 346 g/mol. The fourth-order valence-electron chi connectivity index (χ4n) is 2.81. The van der Waals surface area contributed by atoms with Gasteiger partial charge in [-0.1, -0.05) is 12.1 Å². The first-order valence-electron chi connectivity index (χ1n) is 8.58. The van der Waals surface area contributed by atoms with Gasteiger partial charge in [0.2, 0.25) is 5.91 Å². The molecule has 0 unspecified atom stereocenters. The standard InChI is InChI=1S/C20H19N3O4/c1-13(24)14-8-10-15(11-9-14)21-18(25)7-4-12-23-19(26)16-5-2-3-6-17(16)22-20(23)27/h2-3,5-6,8-11H,4,7,12H2,1H3,(H,21,25)(H,22,27). The molecule has 0 aliphatic carbocycles. The number of carbonyl (C=O) groups excluding carboxylic acids is 2. The summed E-state index contributed by atoms with van der Waals surface area (Å²) in [6, 6.07) is 13.4. The number of rotatable bonds is 6. The van der Waals surface area contributed by atoms with E-state index in [0.717, 1.165) is 4.57 Å². The van der Waals surface area contributed by atoms with Crippen molar-refractivity contribution < 1.29 is 9.59 Å². The summed E-state index contributed by atoms with van der Waals surface area (Å²) in [7, 11) is 0. The fraction of sp³-hybridized carbons (Fsp3) is 0.200. The second kappa shape index (κ2) is 7.82. The number of benzene rings is 2. The van der Waals surface area contributed by atoms with Crippen LogP contribution in [0.5, 0.6) is 0 Å². The summed E-state index contributed by atoms with van der Waals surface area (Å²) >= 11 is 0. The molecule has 1 heterocycles. The van der Waals surface area contributed by atoms with Crippen molar-refractivity contribution in [2.75, 3.05) is 5.32 Å². The number of carbonyl (C=O) groups is 2. The summed E-state index contributed by atoms with van der Waals surface area (Å²) in [5.74, 6) is -0.269. The van der Waals surface area contributed by atoms with Gasteiger partial charge in [-0.05, 0) is 49.7 Å². The molecule has 1 aromatic heterocycles. The Balaban J connectivity index is 1.62. The molecule has 1 amide bonds. The van der Waals surface area contributed by atoms with Crippen LogP contribution in [0.2, 0.25) is 0 Å². The molecule has 0 atom stereocenters. The van der Waals surface area contributed by atoms with Gasteiger partial charge in [-0.3, -0.25) is 19.0 Å². The lowest BCUT2D eigenvalue weighted by molar-refractivity contribution is -0.116. The lowest BCUT2D eigenvalue weighted by Crippen LogP contribution is -2.35. The Morgan fingerprint density at radius 1 is 1.04 bits per heavy atom. The Morgan fingerprint density at radius 2 is 1.74 bits per heavy atom. The van der Waals surface area contributed by atoms with Crippen LogP contribution in [0.4, 0.5) is 5.69 Å². The molecule has 0 saturated heterocycles. The fourth-order valence-corrected chi connectivity index (χ4v) is 2.81. The largest absolute Gasteiger partial charge is 0.328 e. The summed E-state index contributed by atoms with van der Waals surface area (Å²) in [4.78, 5) is 50.5. The van der Waals surface area contributed by atoms with Crippen molar-refractivity contribution in [1.29, 1.82) is 0 Å². The number of nitrogens with one attached hydrogen (secondary N) is 2. The van der Waals surface area contributed by atoms with Crippen molar-refractivity contribution in [3.05, 3.63) is 74.9 Å². The molecular formula is C20H19N3O4. The molecule has 7 heteroatoms. The average Bonchev–Trinajstić information content (AvgIpc) is 2.65. The van der Waals surface area contributed by atoms with Crippen molar-refractivity contribution in [3.8, 4) is 0 Å². The highest BCUT2D eigenvalue weighted by molar-refractivity contribution is 5.95. The van der Waals surface area contributed by atoms with Crippen LogP contribution in [0.25, 0.3) is 10.9 Å². The van der Waals surface area contributed by atoms with E-state index in [1.807, 2.05) is 0 Å². The van der Waals surface area contributed by atoms with Crippen molar-refractivity contribution in [2.45, 2.75) is 26.3 Å². The monoisotopic (exact) mass is 365 g/mol. The Labute approximate surface area is 154 Å². The number of fused-ring (bicyclic) bond motifs is 1. The number of para-hydroxylation sites is 1. The number of hydrogen-bond acceptors (Lipinski definition) is 4. The zero-order valence-electron chi connectivity index (χ0n) is 14.8. The number of hydrogen-bond donors (Lipinski definition) is 2. The minimum Gasteiger partial charge on any atom is -0.326 e. The van der Waals surface area contributed by atoms with Crippen molar-refractivity contribution >= 4 is 28.3 Å². The number of aromatic amines is 1. The zero-order chi connectivity index (χ0) is 19.4. The third-order valence-corrected chi connectivity index (χ3v) is 4.25. The molecule has 0 aliphatic rings. The van der Waals surface area contributed by atoms with Crippen LogP contribution in [-0.2, 0) is 11.3 Å². The van der Waals surface area contributed by atoms with E-state index < -0.39 is 5.69 Å². The van der Waals surface area contributed by atoms with E-state index >= 15 is 0 Å². The second-order valence-corrected chi connectivity index (χ2v) is 6.22. The van der Waals surface area contributed by atoms with Gasteiger partial charge in [-0.15, -0.1) is 0 Å². The van der Waals surface area contributed by atoms with Crippen molar-refractivity contribution in [2.24, 2.45) is 0 Å². The SMILES string of the molecule is CC(=O)c1ccc(NC(=O)CCCn2c(=O)[nH]c3ccccc3c2=O)cc1. The molecule has 2 N–H and O–H groups in total. The quantitative estimate of drug-likeness (QED) is 0.655. The Morgan fingerprint density at radius 3 is 2.44 bits per heavy atom. The van der Waals surface area contributed by atoms with E-state index in [0.29, 0.717) is 28.6 Å². The lowest BCUT2D eigenvalue weighted by Gasteiger charge is -2.08. The molecule has 0 spiro atoms. The summed E-state index contributed by atoms with van der Waals surface area (Å²) in [5, 5.41) is 3.17. The molecule has 0 bridgehead atoms. The van der Waals surface area contributed by atoms with Gasteiger partial charge in [-0.2, -0.15) is 0 Å². The van der Waals surface area contributed by atoms with Gasteiger partial charge >= 0.3 is 5.69 Å². The molecule has 3 rings (SSSR count). The lowest BCUT2D eigenvalue weighted by atomic mass is 10.1. The van der Waals surface area contributed by atoms with E-state index in [-0.39, 0.29) is 30.2 Å². The van der Waals surface area contributed by atoms with Crippen molar-refractivity contribution in [1.82, 2.24) is 9.55 Å². The van der Waals surface area contributed by atoms with E-state index in [9.17, 15) is 19.2 Å². The van der Waals surface area contributed by atoms with Crippen molar-refractivity contribution in [3.63, 3.8) is 0 Å². The van der Waals surface area contributed by atoms with Crippen LogP contribution in [0.3, 0.4) is 0 Å². The number of Topliss-reactive ketones (excluding diaryl/α,β-unsaturated/α-hetero) is 1. The molecule has 0 radical (unpaired) electrons. The number of nitrogens with zero attached hydrogens (tertiary/aromatic N) is 1. The minimum absolute atomic E-state index is 0.0427. The maximum Gasteiger partial charge on any atom is 0.328 e. The van der Waals surface area contributed by atoms with Gasteiger partial charge in [0.05, 0.1) is 10.9 Å². The molecule has 0 aliphatic heterocycles. The number of amides is 1. The van der Waals surface area contributed by atoms with E-state index in [4.69, 9.17) is 0 Å². The van der Waals surface area contributed by atoms with Crippen LogP contribution in [-0.4, -0.2) is 21.2 Å². The molecule has 0 fully saturated rings. The van der Waals surface area contributed by atoms with Crippen LogP contribution >= 0.6 is 0 Å². The van der Waals surface area contributed by atoms with E-state index in [1.165, 1.54) is 6.92 Å². The van der Waals surface area contributed by atoms with Gasteiger partial charge in [0, 0.05) is 24.2 Å². The molecule has 27 heavy (non-hydrogen) atoms. The highest BCUT2D eigenvalue weighted by atomic mass is 16.2. The van der Waals surface area contributed by atoms with E-state index in [2.05, 4.69) is 10.3 Å². The average molecular weight is 365 g/mol. The zero-order valence-corrected chi connectivity index (χ0v) is 14.8. The first-order valence-corrected chi connectivity index (χ1v) is 8.58. The van der Waals surface area contributed by atoms with Gasteiger partial charge in [-0.25, -0.2) is 4.79 Å². The number of H-pyrrole nitrogens is 1. The third kappa shape index (κ3) is 4.20. The van der Waals surface area contributed by atoms with Crippen LogP contribution in [0.1, 0.15) is 30.1 Å². The van der Waals surface area contributed by atoms with Gasteiger partial charge in [0.1, 0.15) is 0 Å². The number of ketones is 1. The Hall–Kier alpha value is -3.48. The maximum atomic E-state index is 12.4. The number of anilines is 1. The molecule has 2 aromatic carbocycles. The third-order valence-electron chi connectivity index (χ3n) is 4.25. The Kier molecular flexibility index (Phi) is 5.30. The van der Waals surface area contributed by atoms with Crippen LogP contribution < -0.4 is 16.6 Å². The molecule has 7 nitrogen and oxygen atoms in total. The predicted octanol–water partition coefficient (Wildman–Crippen LogP) is 2.31. The minimum atomic E-state index is -0.487. The van der Waals surface area contributed by atoms with Crippen LogP contribution in [0, 0.1) is 0 Å². The second-order valence-electron chi connectivity index (χ2n) is 6.22. The van der Waals surface area contributed by atoms with Gasteiger partial charge in [0.25, 0.3) is 5.56 Å². The maximum absolute atomic E-state index is 12.4. The first-order chi connectivity index (χ1) is 13.0. The highest BCUT2D eigenvalue weighted by Crippen LogP contribution is 2.11. The smallest absolute Gasteiger partial charge is 0.326 e. The van der Waals surface area contributed by atoms with Gasteiger partial charge in [0.15, 0.2) is 5.78 Å². The molecule has 138 valence electrons. The summed E-state index contributed by atoms with van der Waals surface area (Å²) < 4.78 is 1.11. The first kappa shape index (κ1) is 18.3. The highest BCUT2D eigenvalue weighted by Gasteiger charge is 2.09. The van der Waals surface area contributed by atoms with Crippen LogP contribution in [0.15, 0.2) is 58.1 Å². The van der Waals surface area contributed by atoms with Gasteiger partial charge < -0.3 is 10.3 Å². The summed E-state index contributed by atoms with van der Waals surface area (Å²) in [5.41, 5.74) is 0.803. The molecule has 3 aromatic rings. The number of aromatic nitrogens is 2. The Bertz CT molecular complexity index is 1110.